The summed E-state index contributed by atoms with van der Waals surface area (Å²) in [5.74, 6) is 1.95. The number of benzene rings is 2. The van der Waals surface area contributed by atoms with Gasteiger partial charge in [-0.15, -0.1) is 0 Å². The molecule has 0 spiro atoms. The lowest BCUT2D eigenvalue weighted by molar-refractivity contribution is 0.414. The molecule has 5 nitrogen and oxygen atoms in total. The van der Waals surface area contributed by atoms with Crippen molar-refractivity contribution < 1.29 is 9.13 Å². The smallest absolute Gasteiger partial charge is 0.169 e. The number of anilines is 2. The van der Waals surface area contributed by atoms with Crippen LogP contribution in [0.5, 0.6) is 5.75 Å². The number of ether oxygens (including phenoxy) is 1. The number of aromatic nitrogens is 2. The van der Waals surface area contributed by atoms with Gasteiger partial charge in [0.2, 0.25) is 0 Å². The van der Waals surface area contributed by atoms with Crippen LogP contribution < -0.4 is 15.4 Å². The normalized spacial score (nSPS) is 10.4. The van der Waals surface area contributed by atoms with Gasteiger partial charge in [-0.2, -0.15) is 0 Å². The highest BCUT2D eigenvalue weighted by atomic mass is 19.1. The lowest BCUT2D eigenvalue weighted by Crippen LogP contribution is -2.11. The molecule has 2 N–H and O–H groups in total. The average Bonchev–Trinajstić information content (AvgIpc) is 2.69. The number of halogens is 1. The minimum absolute atomic E-state index is 0.189. The largest absolute Gasteiger partial charge is 0.497 e. The van der Waals surface area contributed by atoms with Crippen LogP contribution in [0.3, 0.4) is 0 Å². The first-order valence-electron chi connectivity index (χ1n) is 8.41. The van der Waals surface area contributed by atoms with Gasteiger partial charge in [-0.3, -0.25) is 0 Å². The summed E-state index contributed by atoms with van der Waals surface area (Å²) in [6, 6.07) is 14.6. The van der Waals surface area contributed by atoms with Gasteiger partial charge in [0.1, 0.15) is 11.6 Å². The number of nitrogens with one attached hydrogen (secondary N) is 2. The van der Waals surface area contributed by atoms with E-state index in [0.717, 1.165) is 11.3 Å². The number of nitrogens with zero attached hydrogens (tertiary/aromatic N) is 2. The van der Waals surface area contributed by atoms with Gasteiger partial charge in [0.05, 0.1) is 7.11 Å². The summed E-state index contributed by atoms with van der Waals surface area (Å²) in [5, 5.41) is 6.50. The predicted molar refractivity (Wildman–Crippen MR) is 101 cm³/mol. The first-order valence-corrected chi connectivity index (χ1v) is 8.41. The van der Waals surface area contributed by atoms with Crippen molar-refractivity contribution in [3.8, 4) is 5.75 Å². The van der Waals surface area contributed by atoms with E-state index in [-0.39, 0.29) is 5.82 Å². The molecular formula is C20H21FN4O. The van der Waals surface area contributed by atoms with Crippen molar-refractivity contribution in [2.75, 3.05) is 24.3 Å². The fourth-order valence-corrected chi connectivity index (χ4v) is 2.54. The summed E-state index contributed by atoms with van der Waals surface area (Å²) in [5.41, 5.74) is 1.78. The maximum absolute atomic E-state index is 13.7. The predicted octanol–water partition coefficient (Wildman–Crippen LogP) is 3.89. The van der Waals surface area contributed by atoms with E-state index in [2.05, 4.69) is 20.6 Å². The van der Waals surface area contributed by atoms with Crippen LogP contribution in [0.1, 0.15) is 11.1 Å². The summed E-state index contributed by atoms with van der Waals surface area (Å²) >= 11 is 0. The highest BCUT2D eigenvalue weighted by Gasteiger charge is 2.06. The summed E-state index contributed by atoms with van der Waals surface area (Å²) < 4.78 is 18.8. The standard InChI is InChI=1S/C20H21FN4O/c1-26-17-8-6-15(7-9-17)14-25-20-19(23-12-13-24-20)22-11-10-16-4-2-3-5-18(16)21/h2-9,12-13H,10-11,14H2,1H3,(H,22,23)(H,24,25). The maximum atomic E-state index is 13.7. The molecule has 0 atom stereocenters. The zero-order valence-corrected chi connectivity index (χ0v) is 14.6. The van der Waals surface area contributed by atoms with E-state index in [1.807, 2.05) is 30.3 Å². The van der Waals surface area contributed by atoms with Gasteiger partial charge in [0, 0.05) is 25.5 Å². The lowest BCUT2D eigenvalue weighted by Gasteiger charge is -2.12. The summed E-state index contributed by atoms with van der Waals surface area (Å²) in [7, 11) is 1.64. The molecule has 0 aliphatic heterocycles. The molecule has 0 bridgehead atoms. The molecular weight excluding hydrogens is 331 g/mol. The van der Waals surface area contributed by atoms with Gasteiger partial charge >= 0.3 is 0 Å². The van der Waals surface area contributed by atoms with Gasteiger partial charge in [-0.25, -0.2) is 14.4 Å². The quantitative estimate of drug-likeness (QED) is 0.644. The highest BCUT2D eigenvalue weighted by Crippen LogP contribution is 2.17. The molecule has 3 rings (SSSR count). The van der Waals surface area contributed by atoms with Crippen molar-refractivity contribution in [3.63, 3.8) is 0 Å². The van der Waals surface area contributed by atoms with E-state index in [1.165, 1.54) is 6.07 Å². The third-order valence-electron chi connectivity index (χ3n) is 3.96. The molecule has 0 saturated carbocycles. The van der Waals surface area contributed by atoms with Crippen LogP contribution >= 0.6 is 0 Å². The van der Waals surface area contributed by atoms with Crippen LogP contribution in [-0.2, 0) is 13.0 Å². The molecule has 3 aromatic rings. The van der Waals surface area contributed by atoms with E-state index in [0.29, 0.717) is 36.7 Å². The fourth-order valence-electron chi connectivity index (χ4n) is 2.54. The molecule has 0 saturated heterocycles. The van der Waals surface area contributed by atoms with Crippen molar-refractivity contribution in [2.45, 2.75) is 13.0 Å². The zero-order valence-electron chi connectivity index (χ0n) is 14.6. The Morgan fingerprint density at radius 1 is 0.923 bits per heavy atom. The van der Waals surface area contributed by atoms with Crippen LogP contribution in [0.2, 0.25) is 0 Å². The Hall–Kier alpha value is -3.15. The Morgan fingerprint density at radius 3 is 2.31 bits per heavy atom. The Kier molecular flexibility index (Phi) is 5.98. The highest BCUT2D eigenvalue weighted by molar-refractivity contribution is 5.58. The van der Waals surface area contributed by atoms with E-state index < -0.39 is 0 Å². The Bertz CT molecular complexity index is 839. The Morgan fingerprint density at radius 2 is 1.62 bits per heavy atom. The molecule has 0 fully saturated rings. The minimum atomic E-state index is -0.189. The first kappa shape index (κ1) is 17.7. The Labute approximate surface area is 152 Å². The molecule has 134 valence electrons. The van der Waals surface area contributed by atoms with Gasteiger partial charge in [-0.1, -0.05) is 30.3 Å². The van der Waals surface area contributed by atoms with E-state index in [4.69, 9.17) is 4.74 Å². The molecule has 0 amide bonds. The average molecular weight is 352 g/mol. The molecule has 1 aromatic heterocycles. The topological polar surface area (TPSA) is 59.1 Å². The fraction of sp³-hybridized carbons (Fsp3) is 0.200. The lowest BCUT2D eigenvalue weighted by atomic mass is 10.1. The molecule has 0 unspecified atom stereocenters. The second-order valence-electron chi connectivity index (χ2n) is 5.72. The van der Waals surface area contributed by atoms with E-state index in [9.17, 15) is 4.39 Å². The molecule has 0 radical (unpaired) electrons. The number of hydrogen-bond donors (Lipinski definition) is 2. The van der Waals surface area contributed by atoms with Crippen LogP contribution in [0, 0.1) is 5.82 Å². The number of hydrogen-bond acceptors (Lipinski definition) is 5. The third kappa shape index (κ3) is 4.69. The molecule has 0 aliphatic carbocycles. The maximum Gasteiger partial charge on any atom is 0.169 e. The van der Waals surface area contributed by atoms with Crippen molar-refractivity contribution in [1.82, 2.24) is 9.97 Å². The van der Waals surface area contributed by atoms with Crippen molar-refractivity contribution in [2.24, 2.45) is 0 Å². The molecule has 1 heterocycles. The summed E-state index contributed by atoms with van der Waals surface area (Å²) in [4.78, 5) is 8.66. The molecule has 26 heavy (non-hydrogen) atoms. The number of methoxy groups -OCH3 is 1. The minimum Gasteiger partial charge on any atom is -0.497 e. The molecule has 2 aromatic carbocycles. The summed E-state index contributed by atoms with van der Waals surface area (Å²) in [6.45, 7) is 1.18. The van der Waals surface area contributed by atoms with Crippen LogP contribution in [-0.4, -0.2) is 23.6 Å². The zero-order chi connectivity index (χ0) is 18.2. The second kappa shape index (κ2) is 8.80. The van der Waals surface area contributed by atoms with E-state index in [1.54, 1.807) is 31.6 Å². The summed E-state index contributed by atoms with van der Waals surface area (Å²) in [6.07, 6.45) is 3.84. The first-order chi connectivity index (χ1) is 12.8. The van der Waals surface area contributed by atoms with Gasteiger partial charge < -0.3 is 15.4 Å². The SMILES string of the molecule is COc1ccc(CNc2nccnc2NCCc2ccccc2F)cc1. The van der Waals surface area contributed by atoms with Gasteiger partial charge in [0.15, 0.2) is 11.6 Å². The van der Waals surface area contributed by atoms with Crippen LogP contribution in [0.15, 0.2) is 60.9 Å². The second-order valence-corrected chi connectivity index (χ2v) is 5.72. The van der Waals surface area contributed by atoms with E-state index >= 15 is 0 Å². The van der Waals surface area contributed by atoms with Crippen LogP contribution in [0.25, 0.3) is 0 Å². The third-order valence-corrected chi connectivity index (χ3v) is 3.96. The molecule has 6 heteroatoms. The number of rotatable bonds is 8. The van der Waals surface area contributed by atoms with Gasteiger partial charge in [-0.05, 0) is 35.7 Å². The monoisotopic (exact) mass is 352 g/mol. The van der Waals surface area contributed by atoms with Gasteiger partial charge in [0.25, 0.3) is 0 Å². The Balaban J connectivity index is 1.58. The van der Waals surface area contributed by atoms with Crippen LogP contribution in [0.4, 0.5) is 16.0 Å². The molecule has 0 aliphatic rings. The van der Waals surface area contributed by atoms with Crippen molar-refractivity contribution in [1.29, 1.82) is 0 Å². The van der Waals surface area contributed by atoms with Crippen molar-refractivity contribution in [3.05, 3.63) is 77.9 Å². The van der Waals surface area contributed by atoms with Crippen molar-refractivity contribution >= 4 is 11.6 Å².